The lowest BCUT2D eigenvalue weighted by molar-refractivity contribution is -0.143. The monoisotopic (exact) mass is 305 g/mol. The second kappa shape index (κ2) is 6.32. The molecule has 2 aromatic carbocycles. The van der Waals surface area contributed by atoms with Crippen LogP contribution >= 0.6 is 0 Å². The zero-order valence-electron chi connectivity index (χ0n) is 12.5. The average Bonchev–Trinajstić information content (AvgIpc) is 2.61. The number of carbonyl (C=O) groups is 2. The first-order valence-electron chi connectivity index (χ1n) is 7.34. The van der Waals surface area contributed by atoms with Crippen molar-refractivity contribution in [1.29, 1.82) is 5.26 Å². The fourth-order valence-corrected chi connectivity index (χ4v) is 2.63. The van der Waals surface area contributed by atoms with Crippen molar-refractivity contribution in [3.05, 3.63) is 65.2 Å². The molecule has 0 radical (unpaired) electrons. The highest BCUT2D eigenvalue weighted by Gasteiger charge is 2.25. The van der Waals surface area contributed by atoms with Crippen LogP contribution < -0.4 is 5.32 Å². The Balaban J connectivity index is 1.66. The minimum atomic E-state index is -0.658. The fraction of sp³-hybridized carbons (Fsp3) is 0.167. The number of amides is 2. The van der Waals surface area contributed by atoms with Gasteiger partial charge in [-0.05, 0) is 41.8 Å². The average molecular weight is 305 g/mol. The standard InChI is InChI=1S/C18H15N3O2/c19-11-13-5-7-16(8-6-13)20-17(22)18(23)21-10-9-14-3-1-2-4-15(14)12-21/h1-8H,9-10,12H2,(H,20,22). The minimum absolute atomic E-state index is 0.454. The van der Waals surface area contributed by atoms with E-state index in [4.69, 9.17) is 5.26 Å². The van der Waals surface area contributed by atoms with Gasteiger partial charge < -0.3 is 10.2 Å². The van der Waals surface area contributed by atoms with Gasteiger partial charge in [0.25, 0.3) is 0 Å². The van der Waals surface area contributed by atoms with Crippen LogP contribution in [0.4, 0.5) is 5.69 Å². The molecule has 1 aliphatic heterocycles. The molecule has 0 bridgehead atoms. The smallest absolute Gasteiger partial charge is 0.313 e. The number of fused-ring (bicyclic) bond motifs is 1. The number of carbonyl (C=O) groups excluding carboxylic acids is 2. The molecule has 0 atom stereocenters. The maximum absolute atomic E-state index is 12.3. The van der Waals surface area contributed by atoms with E-state index >= 15 is 0 Å². The number of nitrogens with one attached hydrogen (secondary N) is 1. The summed E-state index contributed by atoms with van der Waals surface area (Å²) < 4.78 is 0. The van der Waals surface area contributed by atoms with Crippen molar-refractivity contribution >= 4 is 17.5 Å². The molecule has 23 heavy (non-hydrogen) atoms. The van der Waals surface area contributed by atoms with Crippen molar-refractivity contribution < 1.29 is 9.59 Å². The van der Waals surface area contributed by atoms with E-state index in [0.717, 1.165) is 12.0 Å². The van der Waals surface area contributed by atoms with Crippen LogP contribution in [0.5, 0.6) is 0 Å². The summed E-state index contributed by atoms with van der Waals surface area (Å²) in [6.07, 6.45) is 0.756. The molecular formula is C18H15N3O2. The van der Waals surface area contributed by atoms with Gasteiger partial charge in [0.2, 0.25) is 0 Å². The second-order valence-corrected chi connectivity index (χ2v) is 5.39. The Morgan fingerprint density at radius 2 is 1.74 bits per heavy atom. The molecule has 0 fully saturated rings. The predicted molar refractivity (Wildman–Crippen MR) is 85.3 cm³/mol. The highest BCUT2D eigenvalue weighted by molar-refractivity contribution is 6.39. The predicted octanol–water partition coefficient (Wildman–Crippen LogP) is 2.08. The summed E-state index contributed by atoms with van der Waals surface area (Å²) in [6.45, 7) is 0.992. The molecule has 1 heterocycles. The maximum atomic E-state index is 12.3. The Morgan fingerprint density at radius 3 is 2.43 bits per heavy atom. The Kier molecular flexibility index (Phi) is 4.07. The minimum Gasteiger partial charge on any atom is -0.330 e. The number of nitriles is 1. The number of hydrogen-bond acceptors (Lipinski definition) is 3. The molecule has 0 spiro atoms. The molecule has 0 saturated carbocycles. The van der Waals surface area contributed by atoms with Gasteiger partial charge in [-0.25, -0.2) is 0 Å². The second-order valence-electron chi connectivity index (χ2n) is 5.39. The molecule has 1 N–H and O–H groups in total. The summed E-state index contributed by atoms with van der Waals surface area (Å²) in [5, 5.41) is 11.3. The lowest BCUT2D eigenvalue weighted by atomic mass is 10.00. The van der Waals surface area contributed by atoms with Crippen molar-refractivity contribution in [2.75, 3.05) is 11.9 Å². The highest BCUT2D eigenvalue weighted by Crippen LogP contribution is 2.19. The van der Waals surface area contributed by atoms with Gasteiger partial charge in [-0.2, -0.15) is 5.26 Å². The molecule has 0 aliphatic carbocycles. The SMILES string of the molecule is N#Cc1ccc(NC(=O)C(=O)N2CCc3ccccc3C2)cc1. The molecule has 3 rings (SSSR count). The molecule has 2 aromatic rings. The van der Waals surface area contributed by atoms with Gasteiger partial charge >= 0.3 is 11.8 Å². The van der Waals surface area contributed by atoms with Crippen LogP contribution in [-0.4, -0.2) is 23.3 Å². The van der Waals surface area contributed by atoms with E-state index < -0.39 is 11.8 Å². The zero-order chi connectivity index (χ0) is 16.2. The number of anilines is 1. The van der Waals surface area contributed by atoms with Gasteiger partial charge in [-0.1, -0.05) is 24.3 Å². The zero-order valence-corrected chi connectivity index (χ0v) is 12.5. The third-order valence-corrected chi connectivity index (χ3v) is 3.88. The van der Waals surface area contributed by atoms with E-state index in [9.17, 15) is 9.59 Å². The van der Waals surface area contributed by atoms with E-state index in [2.05, 4.69) is 5.32 Å². The molecule has 114 valence electrons. The first-order valence-corrected chi connectivity index (χ1v) is 7.34. The van der Waals surface area contributed by atoms with Crippen molar-refractivity contribution in [1.82, 2.24) is 4.90 Å². The summed E-state index contributed by atoms with van der Waals surface area (Å²) in [5.74, 6) is -1.20. The highest BCUT2D eigenvalue weighted by atomic mass is 16.2. The summed E-state index contributed by atoms with van der Waals surface area (Å²) in [7, 11) is 0. The number of nitrogens with zero attached hydrogens (tertiary/aromatic N) is 2. The van der Waals surface area contributed by atoms with E-state index in [1.807, 2.05) is 30.3 Å². The Morgan fingerprint density at radius 1 is 1.04 bits per heavy atom. The molecule has 1 aliphatic rings. The molecule has 2 amide bonds. The van der Waals surface area contributed by atoms with Crippen molar-refractivity contribution in [2.24, 2.45) is 0 Å². The molecular weight excluding hydrogens is 290 g/mol. The Labute approximate surface area is 134 Å². The topological polar surface area (TPSA) is 73.2 Å². The third kappa shape index (κ3) is 3.22. The van der Waals surface area contributed by atoms with Crippen LogP contribution in [0.3, 0.4) is 0 Å². The molecule has 0 unspecified atom stereocenters. The molecule has 0 saturated heterocycles. The van der Waals surface area contributed by atoms with Crippen LogP contribution in [0.2, 0.25) is 0 Å². The van der Waals surface area contributed by atoms with Gasteiger partial charge in [0.15, 0.2) is 0 Å². The third-order valence-electron chi connectivity index (χ3n) is 3.88. The first kappa shape index (κ1) is 14.8. The van der Waals surface area contributed by atoms with Crippen molar-refractivity contribution in [2.45, 2.75) is 13.0 Å². The van der Waals surface area contributed by atoms with Crippen LogP contribution in [0, 0.1) is 11.3 Å². The van der Waals surface area contributed by atoms with Crippen LogP contribution in [-0.2, 0) is 22.6 Å². The number of rotatable bonds is 1. The van der Waals surface area contributed by atoms with E-state index in [1.165, 1.54) is 5.56 Å². The largest absolute Gasteiger partial charge is 0.330 e. The summed E-state index contributed by atoms with van der Waals surface area (Å²) >= 11 is 0. The van der Waals surface area contributed by atoms with Crippen molar-refractivity contribution in [3.8, 4) is 6.07 Å². The molecule has 5 nitrogen and oxygen atoms in total. The lowest BCUT2D eigenvalue weighted by Crippen LogP contribution is -2.42. The van der Waals surface area contributed by atoms with Crippen LogP contribution in [0.1, 0.15) is 16.7 Å². The molecule has 5 heteroatoms. The quantitative estimate of drug-likeness (QED) is 0.820. The van der Waals surface area contributed by atoms with Crippen LogP contribution in [0.25, 0.3) is 0 Å². The van der Waals surface area contributed by atoms with Gasteiger partial charge in [-0.15, -0.1) is 0 Å². The maximum Gasteiger partial charge on any atom is 0.313 e. The normalized spacial score (nSPS) is 12.9. The van der Waals surface area contributed by atoms with E-state index in [0.29, 0.717) is 24.3 Å². The summed E-state index contributed by atoms with van der Waals surface area (Å²) in [6, 6.07) is 16.3. The molecule has 0 aromatic heterocycles. The van der Waals surface area contributed by atoms with Gasteiger partial charge in [-0.3, -0.25) is 9.59 Å². The van der Waals surface area contributed by atoms with Crippen molar-refractivity contribution in [3.63, 3.8) is 0 Å². The fourth-order valence-electron chi connectivity index (χ4n) is 2.63. The van der Waals surface area contributed by atoms with Gasteiger partial charge in [0.1, 0.15) is 0 Å². The van der Waals surface area contributed by atoms with E-state index in [1.54, 1.807) is 29.2 Å². The summed E-state index contributed by atoms with van der Waals surface area (Å²) in [5.41, 5.74) is 3.31. The van der Waals surface area contributed by atoms with Crippen LogP contribution in [0.15, 0.2) is 48.5 Å². The summed E-state index contributed by atoms with van der Waals surface area (Å²) in [4.78, 5) is 26.0. The lowest BCUT2D eigenvalue weighted by Gasteiger charge is -2.28. The number of hydrogen-bond donors (Lipinski definition) is 1. The first-order chi connectivity index (χ1) is 11.2. The van der Waals surface area contributed by atoms with Gasteiger partial charge in [0, 0.05) is 18.8 Å². The van der Waals surface area contributed by atoms with E-state index in [-0.39, 0.29) is 0 Å². The Bertz CT molecular complexity index is 791. The number of benzene rings is 2. The Hall–Kier alpha value is -3.13. The van der Waals surface area contributed by atoms with Gasteiger partial charge in [0.05, 0.1) is 11.6 Å².